The maximum atomic E-state index is 14.4. The number of carbonyl (C=O) groups is 9. The normalized spacial score (nSPS) is 15.1. The van der Waals surface area contributed by atoms with Crippen LogP contribution in [0.5, 0.6) is 0 Å². The van der Waals surface area contributed by atoms with Crippen molar-refractivity contribution in [3.05, 3.63) is 0 Å². The molecule has 0 saturated heterocycles. The van der Waals surface area contributed by atoms with Crippen LogP contribution in [0.1, 0.15) is 158 Å². The molecule has 0 bridgehead atoms. The van der Waals surface area contributed by atoms with Crippen molar-refractivity contribution in [3.8, 4) is 0 Å². The maximum absolute atomic E-state index is 14.4. The number of nitrogens with two attached hydrogens (primary N) is 5. The molecule has 0 aromatic carbocycles. The molecule has 0 rings (SSSR count). The lowest BCUT2D eigenvalue weighted by molar-refractivity contribution is -0.143. The summed E-state index contributed by atoms with van der Waals surface area (Å²) in [6, 6.07) is -10.2. The molecule has 75 heavy (non-hydrogen) atoms. The summed E-state index contributed by atoms with van der Waals surface area (Å²) in [6.07, 6.45) is 5.16. The van der Waals surface area contributed by atoms with E-state index >= 15 is 0 Å². The molecule has 24 heteroatoms. The molecule has 0 heterocycles. The highest BCUT2D eigenvalue weighted by Gasteiger charge is 2.35. The largest absolute Gasteiger partial charge is 0.480 e. The fourth-order valence-corrected chi connectivity index (χ4v) is 8.28. The predicted molar refractivity (Wildman–Crippen MR) is 294 cm³/mol. The molecule has 0 aromatic heterocycles. The lowest BCUT2D eigenvalue weighted by Crippen LogP contribution is -2.60. The van der Waals surface area contributed by atoms with Gasteiger partial charge in [0.15, 0.2) is 0 Å². The van der Waals surface area contributed by atoms with Crippen LogP contribution >= 0.6 is 12.6 Å². The molecule has 9 atom stereocenters. The number of thiol groups is 1. The maximum Gasteiger partial charge on any atom is 0.326 e. The highest BCUT2D eigenvalue weighted by molar-refractivity contribution is 7.80. The van der Waals surface area contributed by atoms with E-state index in [4.69, 9.17) is 28.7 Å². The van der Waals surface area contributed by atoms with Crippen LogP contribution in [0.2, 0.25) is 0 Å². The second-order valence-electron chi connectivity index (χ2n) is 21.3. The number of aliphatic carboxylic acids is 1. The Morgan fingerprint density at radius 3 is 0.760 bits per heavy atom. The number of carbonyl (C=O) groups excluding carboxylic acids is 8. The molecule has 0 spiro atoms. The molecule has 19 N–H and O–H groups in total. The lowest BCUT2D eigenvalue weighted by atomic mass is 9.98. The number of hydrogen-bond acceptors (Lipinski definition) is 15. The van der Waals surface area contributed by atoms with Crippen LogP contribution in [0.25, 0.3) is 0 Å². The molecular formula is C51H99N13O10S. The number of carboxylic acids is 1. The third-order valence-corrected chi connectivity index (χ3v) is 12.6. The standard InChI is InChI=1S/C51H99N13O10S/c1-30(2)25-39(63-49(71)40(26-31(3)4)61-46(68)37(19-11-15-23-54)58-44(66)35(17-9-13-21-52)57-43(65)34(56)29-75)48(70)60-36(18-10-14-22-53)45(67)59-38(20-12-16-24-55)47(69)62-41(27-32(5)6)50(72)64-42(51(73)74)28-33(7)8/h30-42,75H,9-29,52-56H2,1-8H3,(H,57,65)(H,58,66)(H,59,67)(H,60,70)(H,61,68)(H,62,69)(H,63,71)(H,64,72)(H,73,74)/t34-,35-,36-,37-,38-,39-,40-,41-,42-/m0/s1. The Bertz CT molecular complexity index is 1740. The summed E-state index contributed by atoms with van der Waals surface area (Å²) < 4.78 is 0. The van der Waals surface area contributed by atoms with Gasteiger partial charge in [0, 0.05) is 5.75 Å². The first-order chi connectivity index (χ1) is 35.3. The van der Waals surface area contributed by atoms with Crippen molar-refractivity contribution >= 4 is 65.9 Å². The highest BCUT2D eigenvalue weighted by Crippen LogP contribution is 2.15. The van der Waals surface area contributed by atoms with Gasteiger partial charge in [0.05, 0.1) is 6.04 Å². The molecule has 0 fully saturated rings. The highest BCUT2D eigenvalue weighted by atomic mass is 32.1. The molecule has 0 aliphatic rings. The number of hydrogen-bond donors (Lipinski definition) is 15. The van der Waals surface area contributed by atoms with Gasteiger partial charge in [0.25, 0.3) is 0 Å². The summed E-state index contributed by atoms with van der Waals surface area (Å²) in [4.78, 5) is 123. The Morgan fingerprint density at radius 2 is 0.547 bits per heavy atom. The van der Waals surface area contributed by atoms with E-state index in [0.29, 0.717) is 77.5 Å². The molecule has 8 amide bonds. The van der Waals surface area contributed by atoms with Crippen molar-refractivity contribution in [2.75, 3.05) is 31.9 Å². The van der Waals surface area contributed by atoms with Gasteiger partial charge in [0.1, 0.15) is 48.3 Å². The zero-order valence-corrected chi connectivity index (χ0v) is 47.2. The van der Waals surface area contributed by atoms with E-state index in [1.54, 1.807) is 0 Å². The minimum Gasteiger partial charge on any atom is -0.480 e. The summed E-state index contributed by atoms with van der Waals surface area (Å²) in [6.45, 7) is 16.1. The fraction of sp³-hybridized carbons (Fsp3) is 0.824. The molecular weight excluding hydrogens is 987 g/mol. The van der Waals surface area contributed by atoms with Gasteiger partial charge in [-0.1, -0.05) is 55.4 Å². The number of rotatable bonds is 42. The quantitative estimate of drug-likeness (QED) is 0.0281. The van der Waals surface area contributed by atoms with Crippen LogP contribution in [0, 0.1) is 23.7 Å². The van der Waals surface area contributed by atoms with Crippen molar-refractivity contribution in [3.63, 3.8) is 0 Å². The van der Waals surface area contributed by atoms with Crippen LogP contribution in [0.4, 0.5) is 0 Å². The average molecular weight is 1090 g/mol. The van der Waals surface area contributed by atoms with Crippen LogP contribution in [0.15, 0.2) is 0 Å². The number of nitrogens with one attached hydrogen (secondary N) is 8. The van der Waals surface area contributed by atoms with Gasteiger partial charge in [-0.05, 0) is 153 Å². The summed E-state index contributed by atoms with van der Waals surface area (Å²) in [5, 5.41) is 31.7. The summed E-state index contributed by atoms with van der Waals surface area (Å²) in [5.41, 5.74) is 28.9. The lowest BCUT2D eigenvalue weighted by Gasteiger charge is -2.29. The second-order valence-corrected chi connectivity index (χ2v) is 21.6. The molecule has 0 aliphatic carbocycles. The minimum atomic E-state index is -1.21. The molecule has 0 radical (unpaired) electrons. The topological polar surface area (TPSA) is 400 Å². The molecule has 434 valence electrons. The van der Waals surface area contributed by atoms with E-state index in [1.807, 2.05) is 55.4 Å². The first kappa shape index (κ1) is 70.4. The summed E-state index contributed by atoms with van der Waals surface area (Å²) in [7, 11) is 0. The zero-order valence-electron chi connectivity index (χ0n) is 46.3. The van der Waals surface area contributed by atoms with Crippen molar-refractivity contribution in [1.29, 1.82) is 0 Å². The number of unbranched alkanes of at least 4 members (excludes halogenated alkanes) is 4. The summed E-state index contributed by atoms with van der Waals surface area (Å²) >= 11 is 4.09. The smallest absolute Gasteiger partial charge is 0.326 e. The molecule has 0 aromatic rings. The SMILES string of the molecule is CC(C)C[C@H](NC(=O)[C@H](CC(C)C)NC(=O)[C@H](CCCCN)NC(=O)[C@H](CCCCN)NC(=O)[C@H](CC(C)C)NC(=O)[C@H](CC(C)C)NC(=O)[C@H](CCCCN)NC(=O)[C@H](CCCCN)NC(=O)[C@@H](N)CS)C(=O)O. The van der Waals surface area contributed by atoms with Crippen molar-refractivity contribution in [2.45, 2.75) is 212 Å². The third kappa shape index (κ3) is 30.6. The van der Waals surface area contributed by atoms with Gasteiger partial charge >= 0.3 is 5.97 Å². The van der Waals surface area contributed by atoms with Gasteiger partial charge in [-0.15, -0.1) is 0 Å². The monoisotopic (exact) mass is 1090 g/mol. The fourth-order valence-electron chi connectivity index (χ4n) is 8.12. The Morgan fingerprint density at radius 1 is 0.347 bits per heavy atom. The third-order valence-electron chi connectivity index (χ3n) is 12.2. The van der Waals surface area contributed by atoms with Crippen LogP contribution in [-0.4, -0.2) is 145 Å². The van der Waals surface area contributed by atoms with E-state index in [-0.39, 0.29) is 80.8 Å². The first-order valence-corrected chi connectivity index (χ1v) is 27.8. The van der Waals surface area contributed by atoms with Gasteiger partial charge in [-0.2, -0.15) is 12.6 Å². The molecule has 0 saturated carbocycles. The average Bonchev–Trinajstić information content (AvgIpc) is 3.33. The van der Waals surface area contributed by atoms with Crippen molar-refractivity contribution in [2.24, 2.45) is 52.3 Å². The Hall–Kier alpha value is -4.62. The Kier molecular flexibility index (Phi) is 37.3. The molecule has 23 nitrogen and oxygen atoms in total. The number of amides is 8. The van der Waals surface area contributed by atoms with E-state index in [0.717, 1.165) is 0 Å². The van der Waals surface area contributed by atoms with E-state index < -0.39 is 108 Å². The Balaban J connectivity index is 6.80. The Labute approximate surface area is 451 Å². The van der Waals surface area contributed by atoms with Crippen LogP contribution < -0.4 is 71.2 Å². The van der Waals surface area contributed by atoms with Crippen LogP contribution in [0.3, 0.4) is 0 Å². The predicted octanol–water partition coefficient (Wildman–Crippen LogP) is -0.0931. The van der Waals surface area contributed by atoms with E-state index in [1.165, 1.54) is 0 Å². The minimum absolute atomic E-state index is 0.0375. The first-order valence-electron chi connectivity index (χ1n) is 27.2. The molecule has 0 aliphatic heterocycles. The van der Waals surface area contributed by atoms with Gasteiger partial charge in [0.2, 0.25) is 47.3 Å². The zero-order chi connectivity index (χ0) is 57.2. The summed E-state index contributed by atoms with van der Waals surface area (Å²) in [5.74, 6) is -6.90. The van der Waals surface area contributed by atoms with Gasteiger partial charge < -0.3 is 76.3 Å². The van der Waals surface area contributed by atoms with Crippen LogP contribution in [-0.2, 0) is 43.2 Å². The van der Waals surface area contributed by atoms with Gasteiger partial charge in [-0.3, -0.25) is 38.4 Å². The molecule has 0 unspecified atom stereocenters. The van der Waals surface area contributed by atoms with E-state index in [2.05, 4.69) is 55.2 Å². The van der Waals surface area contributed by atoms with E-state index in [9.17, 15) is 48.3 Å². The van der Waals surface area contributed by atoms with Gasteiger partial charge in [-0.25, -0.2) is 4.79 Å². The van der Waals surface area contributed by atoms with Crippen molar-refractivity contribution in [1.82, 2.24) is 42.5 Å². The number of carboxylic acid groups (broad SMARTS) is 1. The van der Waals surface area contributed by atoms with Crippen molar-refractivity contribution < 1.29 is 48.3 Å². The second kappa shape index (κ2) is 39.7.